The summed E-state index contributed by atoms with van der Waals surface area (Å²) in [6.45, 7) is 2.53. The molecule has 0 aliphatic rings. The van der Waals surface area contributed by atoms with E-state index in [4.69, 9.17) is 11.6 Å². The molecule has 2 aromatic rings. The number of halogens is 1. The highest BCUT2D eigenvalue weighted by Gasteiger charge is 2.07. The molecular weight excluding hydrogens is 214 g/mol. The third-order valence-electron chi connectivity index (χ3n) is 2.20. The molecule has 15 heavy (non-hydrogen) atoms. The van der Waals surface area contributed by atoms with Gasteiger partial charge in [-0.15, -0.1) is 16.7 Å². The van der Waals surface area contributed by atoms with Crippen LogP contribution in [0.1, 0.15) is 23.7 Å². The summed E-state index contributed by atoms with van der Waals surface area (Å²) in [4.78, 5) is 4.04. The second kappa shape index (κ2) is 4.02. The molecule has 1 atom stereocenters. The van der Waals surface area contributed by atoms with Crippen LogP contribution >= 0.6 is 11.6 Å². The van der Waals surface area contributed by atoms with Crippen molar-refractivity contribution in [1.82, 2.24) is 24.5 Å². The van der Waals surface area contributed by atoms with E-state index in [0.29, 0.717) is 6.54 Å². The Morgan fingerprint density at radius 2 is 2.33 bits per heavy atom. The van der Waals surface area contributed by atoms with Gasteiger partial charge in [0.2, 0.25) is 0 Å². The predicted octanol–water partition coefficient (Wildman–Crippen LogP) is 1.36. The molecule has 0 aromatic carbocycles. The molecule has 80 valence electrons. The van der Waals surface area contributed by atoms with E-state index in [9.17, 15) is 0 Å². The van der Waals surface area contributed by atoms with Crippen molar-refractivity contribution in [3.63, 3.8) is 0 Å². The Labute approximate surface area is 92.7 Å². The fourth-order valence-corrected chi connectivity index (χ4v) is 1.38. The van der Waals surface area contributed by atoms with Crippen LogP contribution in [0.25, 0.3) is 0 Å². The Kier molecular flexibility index (Phi) is 2.73. The van der Waals surface area contributed by atoms with Crippen molar-refractivity contribution in [2.75, 3.05) is 0 Å². The number of aromatic nitrogens is 5. The van der Waals surface area contributed by atoms with Gasteiger partial charge in [-0.1, -0.05) is 5.21 Å². The molecule has 0 aliphatic carbocycles. The standard InChI is InChI=1S/C9H12ClN5/c1-7(10)9-5-15(13-12-9)4-8-3-11-6-14(8)2/h3,5-7H,4H2,1-2H3. The number of imidazole rings is 1. The molecule has 1 unspecified atom stereocenters. The highest BCUT2D eigenvalue weighted by atomic mass is 35.5. The molecule has 0 N–H and O–H groups in total. The average Bonchev–Trinajstić information content (AvgIpc) is 2.77. The van der Waals surface area contributed by atoms with Gasteiger partial charge in [-0.2, -0.15) is 0 Å². The largest absolute Gasteiger partial charge is 0.336 e. The van der Waals surface area contributed by atoms with Gasteiger partial charge >= 0.3 is 0 Å². The van der Waals surface area contributed by atoms with Crippen LogP contribution in [-0.2, 0) is 13.6 Å². The molecular formula is C9H12ClN5. The topological polar surface area (TPSA) is 48.5 Å². The molecule has 6 heteroatoms. The van der Waals surface area contributed by atoms with Crippen molar-refractivity contribution in [3.05, 3.63) is 30.1 Å². The molecule has 5 nitrogen and oxygen atoms in total. The van der Waals surface area contributed by atoms with Gasteiger partial charge in [-0.05, 0) is 6.92 Å². The summed E-state index contributed by atoms with van der Waals surface area (Å²) in [6, 6.07) is 0. The molecule has 0 aliphatic heterocycles. The molecule has 0 spiro atoms. The van der Waals surface area contributed by atoms with E-state index in [-0.39, 0.29) is 5.38 Å². The lowest BCUT2D eigenvalue weighted by molar-refractivity contribution is 0.620. The molecule has 0 amide bonds. The van der Waals surface area contributed by atoms with Gasteiger partial charge in [0.1, 0.15) is 5.69 Å². The quantitative estimate of drug-likeness (QED) is 0.742. The van der Waals surface area contributed by atoms with Crippen molar-refractivity contribution in [1.29, 1.82) is 0 Å². The van der Waals surface area contributed by atoms with Gasteiger partial charge in [-0.25, -0.2) is 9.67 Å². The molecule has 0 bridgehead atoms. The fraction of sp³-hybridized carbons (Fsp3) is 0.444. The Hall–Kier alpha value is -1.36. The zero-order valence-electron chi connectivity index (χ0n) is 8.63. The molecule has 2 heterocycles. The second-order valence-corrected chi connectivity index (χ2v) is 4.11. The van der Waals surface area contributed by atoms with Gasteiger partial charge in [0.25, 0.3) is 0 Å². The molecule has 0 radical (unpaired) electrons. The summed E-state index contributed by atoms with van der Waals surface area (Å²) in [5.41, 5.74) is 1.87. The van der Waals surface area contributed by atoms with Crippen LogP contribution in [0.3, 0.4) is 0 Å². The minimum Gasteiger partial charge on any atom is -0.336 e. The Balaban J connectivity index is 2.15. The first-order valence-corrected chi connectivity index (χ1v) is 5.10. The van der Waals surface area contributed by atoms with Gasteiger partial charge in [0.05, 0.1) is 36.3 Å². The number of hydrogen-bond donors (Lipinski definition) is 0. The third kappa shape index (κ3) is 2.18. The molecule has 2 aromatic heterocycles. The minimum absolute atomic E-state index is 0.106. The number of rotatable bonds is 3. The number of alkyl halides is 1. The fourth-order valence-electron chi connectivity index (χ4n) is 1.28. The molecule has 0 saturated heterocycles. The highest BCUT2D eigenvalue weighted by molar-refractivity contribution is 6.20. The van der Waals surface area contributed by atoms with E-state index in [0.717, 1.165) is 11.4 Å². The number of hydrogen-bond acceptors (Lipinski definition) is 3. The third-order valence-corrected chi connectivity index (χ3v) is 2.43. The van der Waals surface area contributed by atoms with E-state index < -0.39 is 0 Å². The van der Waals surface area contributed by atoms with Crippen LogP contribution in [0.4, 0.5) is 0 Å². The van der Waals surface area contributed by atoms with E-state index in [1.54, 1.807) is 11.0 Å². The summed E-state index contributed by atoms with van der Waals surface area (Å²) in [5, 5.41) is 7.87. The van der Waals surface area contributed by atoms with E-state index in [1.807, 2.05) is 30.9 Å². The highest BCUT2D eigenvalue weighted by Crippen LogP contribution is 2.15. The summed E-state index contributed by atoms with van der Waals surface area (Å²) in [6.07, 6.45) is 5.42. The van der Waals surface area contributed by atoms with Crippen molar-refractivity contribution in [2.24, 2.45) is 7.05 Å². The summed E-state index contributed by atoms with van der Waals surface area (Å²) < 4.78 is 3.71. The van der Waals surface area contributed by atoms with Crippen LogP contribution in [-0.4, -0.2) is 24.5 Å². The van der Waals surface area contributed by atoms with Gasteiger partial charge in [0, 0.05) is 7.05 Å². The molecule has 0 saturated carbocycles. The van der Waals surface area contributed by atoms with Crippen LogP contribution in [0.15, 0.2) is 18.7 Å². The Bertz CT molecular complexity index is 445. The maximum absolute atomic E-state index is 5.90. The van der Waals surface area contributed by atoms with E-state index in [2.05, 4.69) is 15.3 Å². The Morgan fingerprint density at radius 3 is 2.87 bits per heavy atom. The van der Waals surface area contributed by atoms with Crippen LogP contribution in [0.2, 0.25) is 0 Å². The van der Waals surface area contributed by atoms with Crippen molar-refractivity contribution in [2.45, 2.75) is 18.8 Å². The molecule has 2 rings (SSSR count). The predicted molar refractivity (Wildman–Crippen MR) is 56.6 cm³/mol. The zero-order chi connectivity index (χ0) is 10.8. The first-order chi connectivity index (χ1) is 7.16. The van der Waals surface area contributed by atoms with Crippen molar-refractivity contribution < 1.29 is 0 Å². The SMILES string of the molecule is CC(Cl)c1cn(Cc2cncn2C)nn1. The average molecular weight is 226 g/mol. The first kappa shape index (κ1) is 10.2. The van der Waals surface area contributed by atoms with E-state index >= 15 is 0 Å². The lowest BCUT2D eigenvalue weighted by atomic mass is 10.4. The van der Waals surface area contributed by atoms with Crippen LogP contribution in [0, 0.1) is 0 Å². The van der Waals surface area contributed by atoms with Crippen LogP contribution in [0.5, 0.6) is 0 Å². The number of aryl methyl sites for hydroxylation is 1. The molecule has 0 fully saturated rings. The van der Waals surface area contributed by atoms with Gasteiger partial charge in [0.15, 0.2) is 0 Å². The van der Waals surface area contributed by atoms with Crippen LogP contribution < -0.4 is 0 Å². The Morgan fingerprint density at radius 1 is 1.53 bits per heavy atom. The lowest BCUT2D eigenvalue weighted by Crippen LogP contribution is -2.04. The first-order valence-electron chi connectivity index (χ1n) is 4.66. The normalized spacial score (nSPS) is 13.0. The van der Waals surface area contributed by atoms with E-state index in [1.165, 1.54) is 0 Å². The van der Waals surface area contributed by atoms with Crippen molar-refractivity contribution >= 4 is 11.6 Å². The summed E-state index contributed by atoms with van der Waals surface area (Å²) in [7, 11) is 1.95. The summed E-state index contributed by atoms with van der Waals surface area (Å²) >= 11 is 5.90. The minimum atomic E-state index is -0.106. The maximum atomic E-state index is 5.90. The van der Waals surface area contributed by atoms with Crippen molar-refractivity contribution in [3.8, 4) is 0 Å². The zero-order valence-corrected chi connectivity index (χ0v) is 9.39. The smallest absolute Gasteiger partial charge is 0.100 e. The number of nitrogens with zero attached hydrogens (tertiary/aromatic N) is 5. The maximum Gasteiger partial charge on any atom is 0.100 e. The summed E-state index contributed by atoms with van der Waals surface area (Å²) in [5.74, 6) is 0. The second-order valence-electron chi connectivity index (χ2n) is 3.45. The van der Waals surface area contributed by atoms with Gasteiger partial charge < -0.3 is 4.57 Å². The van der Waals surface area contributed by atoms with Gasteiger partial charge in [-0.3, -0.25) is 0 Å². The monoisotopic (exact) mass is 225 g/mol. The lowest BCUT2D eigenvalue weighted by Gasteiger charge is -2.00.